The van der Waals surface area contributed by atoms with Crippen LogP contribution in [0.5, 0.6) is 11.5 Å². The van der Waals surface area contributed by atoms with Crippen molar-refractivity contribution >= 4 is 11.6 Å². The second-order valence-electron chi connectivity index (χ2n) is 3.88. The van der Waals surface area contributed by atoms with Crippen LogP contribution in [-0.4, -0.2) is 30.6 Å². The van der Waals surface area contributed by atoms with Crippen molar-refractivity contribution in [1.29, 1.82) is 0 Å². The van der Waals surface area contributed by atoms with Crippen LogP contribution in [0.2, 0.25) is 0 Å². The first-order chi connectivity index (χ1) is 9.49. The van der Waals surface area contributed by atoms with Gasteiger partial charge < -0.3 is 14.8 Å². The second-order valence-corrected chi connectivity index (χ2v) is 3.88. The molecule has 0 aromatic heterocycles. The number of nitro benzene ring substituents is 1. The van der Waals surface area contributed by atoms with Crippen molar-refractivity contribution in [1.82, 2.24) is 5.32 Å². The van der Waals surface area contributed by atoms with Crippen molar-refractivity contribution in [2.24, 2.45) is 0 Å². The molecule has 1 rings (SSSR count). The number of methoxy groups -OCH3 is 1. The topological polar surface area (TPSA) is 90.7 Å². The van der Waals surface area contributed by atoms with Crippen LogP contribution in [0, 0.1) is 10.1 Å². The molecular weight excluding hydrogens is 264 g/mol. The number of nitrogens with one attached hydrogen (secondary N) is 1. The number of rotatable bonds is 7. The van der Waals surface area contributed by atoms with E-state index in [1.54, 1.807) is 0 Å². The third kappa shape index (κ3) is 3.98. The zero-order valence-electron chi connectivity index (χ0n) is 11.3. The van der Waals surface area contributed by atoms with Gasteiger partial charge in [-0.05, 0) is 19.1 Å². The summed E-state index contributed by atoms with van der Waals surface area (Å²) in [6.07, 6.45) is 0.669. The molecule has 1 amide bonds. The highest BCUT2D eigenvalue weighted by Gasteiger charge is 2.21. The first-order valence-corrected chi connectivity index (χ1v) is 5.87. The van der Waals surface area contributed by atoms with E-state index in [0.717, 1.165) is 0 Å². The minimum Gasteiger partial charge on any atom is -0.496 e. The Labute approximate surface area is 116 Å². The van der Waals surface area contributed by atoms with E-state index in [0.29, 0.717) is 12.3 Å². The summed E-state index contributed by atoms with van der Waals surface area (Å²) in [6, 6.07) is 4.16. The van der Waals surface area contributed by atoms with Crippen LogP contribution in [-0.2, 0) is 4.79 Å². The minimum absolute atomic E-state index is 0.0112. The van der Waals surface area contributed by atoms with Gasteiger partial charge in [-0.25, -0.2) is 0 Å². The summed E-state index contributed by atoms with van der Waals surface area (Å²) in [5.41, 5.74) is -0.257. The molecular formula is C13H16N2O5. The standard InChI is InChI=1S/C13H16N2O5/c1-4-7-14-13(16)9(2)20-12-6-5-10(19-3)8-11(12)15(17)18/h4-6,8-9H,1,7H2,2-3H3,(H,14,16)/t9-/m1/s1. The monoisotopic (exact) mass is 280 g/mol. The average molecular weight is 280 g/mol. The van der Waals surface area contributed by atoms with Gasteiger partial charge in [0.05, 0.1) is 18.1 Å². The number of carbonyl (C=O) groups is 1. The highest BCUT2D eigenvalue weighted by Crippen LogP contribution is 2.31. The molecule has 0 saturated heterocycles. The van der Waals surface area contributed by atoms with Gasteiger partial charge in [0.25, 0.3) is 5.91 Å². The lowest BCUT2D eigenvalue weighted by Crippen LogP contribution is -2.36. The van der Waals surface area contributed by atoms with E-state index in [1.165, 1.54) is 38.3 Å². The lowest BCUT2D eigenvalue weighted by atomic mass is 10.2. The van der Waals surface area contributed by atoms with Gasteiger partial charge in [-0.15, -0.1) is 6.58 Å². The molecule has 0 unspecified atom stereocenters. The summed E-state index contributed by atoms with van der Waals surface area (Å²) < 4.78 is 10.2. The van der Waals surface area contributed by atoms with Gasteiger partial charge in [0.2, 0.25) is 0 Å². The molecule has 1 N–H and O–H groups in total. The molecule has 0 aliphatic rings. The van der Waals surface area contributed by atoms with Crippen molar-refractivity contribution in [2.45, 2.75) is 13.0 Å². The molecule has 0 spiro atoms. The number of ether oxygens (including phenoxy) is 2. The quantitative estimate of drug-likeness (QED) is 0.466. The lowest BCUT2D eigenvalue weighted by Gasteiger charge is -2.14. The normalized spacial score (nSPS) is 11.3. The molecule has 0 heterocycles. The molecule has 1 aromatic rings. The van der Waals surface area contributed by atoms with Crippen LogP contribution in [0.25, 0.3) is 0 Å². The fourth-order valence-electron chi connectivity index (χ4n) is 1.43. The van der Waals surface area contributed by atoms with Crippen LogP contribution in [0.4, 0.5) is 5.69 Å². The van der Waals surface area contributed by atoms with Gasteiger partial charge in [-0.2, -0.15) is 0 Å². The van der Waals surface area contributed by atoms with Gasteiger partial charge in [0.15, 0.2) is 11.9 Å². The fourth-order valence-corrected chi connectivity index (χ4v) is 1.43. The third-order valence-corrected chi connectivity index (χ3v) is 2.46. The molecule has 0 bridgehead atoms. The van der Waals surface area contributed by atoms with Crippen LogP contribution >= 0.6 is 0 Å². The summed E-state index contributed by atoms with van der Waals surface area (Å²) in [4.78, 5) is 22.0. The maximum absolute atomic E-state index is 11.6. The smallest absolute Gasteiger partial charge is 0.314 e. The Balaban J connectivity index is 2.88. The molecule has 0 aliphatic carbocycles. The number of benzene rings is 1. The predicted molar refractivity (Wildman–Crippen MR) is 72.9 cm³/mol. The number of amides is 1. The van der Waals surface area contributed by atoms with Crippen molar-refractivity contribution in [3.05, 3.63) is 41.0 Å². The number of hydrogen-bond acceptors (Lipinski definition) is 5. The van der Waals surface area contributed by atoms with E-state index in [-0.39, 0.29) is 17.3 Å². The Bertz CT molecular complexity index is 515. The fraction of sp³-hybridized carbons (Fsp3) is 0.308. The Hall–Kier alpha value is -2.57. The highest BCUT2D eigenvalue weighted by atomic mass is 16.6. The van der Waals surface area contributed by atoms with Crippen molar-refractivity contribution < 1.29 is 19.2 Å². The molecule has 7 heteroatoms. The van der Waals surface area contributed by atoms with Gasteiger partial charge in [-0.3, -0.25) is 14.9 Å². The molecule has 0 aliphatic heterocycles. The molecule has 20 heavy (non-hydrogen) atoms. The largest absolute Gasteiger partial charge is 0.496 e. The predicted octanol–water partition coefficient (Wildman–Crippen LogP) is 1.67. The Morgan fingerprint density at radius 3 is 2.85 bits per heavy atom. The Morgan fingerprint density at radius 1 is 1.60 bits per heavy atom. The zero-order valence-corrected chi connectivity index (χ0v) is 11.3. The van der Waals surface area contributed by atoms with E-state index in [4.69, 9.17) is 9.47 Å². The summed E-state index contributed by atoms with van der Waals surface area (Å²) in [7, 11) is 1.41. The first kappa shape index (κ1) is 15.5. The zero-order chi connectivity index (χ0) is 15.1. The number of carbonyl (C=O) groups excluding carboxylic acids is 1. The maximum Gasteiger partial charge on any atom is 0.314 e. The molecule has 0 saturated carbocycles. The van der Waals surface area contributed by atoms with Gasteiger partial charge in [0.1, 0.15) is 5.75 Å². The van der Waals surface area contributed by atoms with Crippen molar-refractivity contribution in [3.63, 3.8) is 0 Å². The summed E-state index contributed by atoms with van der Waals surface area (Å²) in [5.74, 6) is -0.0279. The molecule has 0 fully saturated rings. The highest BCUT2D eigenvalue weighted by molar-refractivity contribution is 5.81. The van der Waals surface area contributed by atoms with E-state index >= 15 is 0 Å². The lowest BCUT2D eigenvalue weighted by molar-refractivity contribution is -0.386. The Kier molecular flexibility index (Phi) is 5.52. The summed E-state index contributed by atoms with van der Waals surface area (Å²) in [5, 5.41) is 13.5. The van der Waals surface area contributed by atoms with Gasteiger partial charge in [0, 0.05) is 6.54 Å². The SMILES string of the molecule is C=CCNC(=O)[C@@H](C)Oc1ccc(OC)cc1[N+](=O)[O-]. The van der Waals surface area contributed by atoms with Gasteiger partial charge in [-0.1, -0.05) is 6.08 Å². The third-order valence-electron chi connectivity index (χ3n) is 2.46. The maximum atomic E-state index is 11.6. The van der Waals surface area contributed by atoms with Crippen LogP contribution < -0.4 is 14.8 Å². The van der Waals surface area contributed by atoms with Crippen LogP contribution in [0.3, 0.4) is 0 Å². The Morgan fingerprint density at radius 2 is 2.30 bits per heavy atom. The van der Waals surface area contributed by atoms with Gasteiger partial charge >= 0.3 is 5.69 Å². The molecule has 0 radical (unpaired) electrons. The van der Waals surface area contributed by atoms with E-state index in [1.807, 2.05) is 0 Å². The van der Waals surface area contributed by atoms with E-state index in [2.05, 4.69) is 11.9 Å². The summed E-state index contributed by atoms with van der Waals surface area (Å²) in [6.45, 7) is 5.28. The van der Waals surface area contributed by atoms with E-state index in [9.17, 15) is 14.9 Å². The minimum atomic E-state index is -0.859. The second kappa shape index (κ2) is 7.13. The van der Waals surface area contributed by atoms with E-state index < -0.39 is 11.0 Å². The number of hydrogen-bond donors (Lipinski definition) is 1. The van der Waals surface area contributed by atoms with Crippen molar-refractivity contribution in [2.75, 3.05) is 13.7 Å². The first-order valence-electron chi connectivity index (χ1n) is 5.87. The number of nitrogens with zero attached hydrogens (tertiary/aromatic N) is 1. The van der Waals surface area contributed by atoms with Crippen molar-refractivity contribution in [3.8, 4) is 11.5 Å². The summed E-state index contributed by atoms with van der Waals surface area (Å²) >= 11 is 0. The average Bonchev–Trinajstić information content (AvgIpc) is 2.44. The van der Waals surface area contributed by atoms with Crippen LogP contribution in [0.15, 0.2) is 30.9 Å². The van der Waals surface area contributed by atoms with Crippen LogP contribution in [0.1, 0.15) is 6.92 Å². The molecule has 7 nitrogen and oxygen atoms in total. The molecule has 1 atom stereocenters. The number of nitro groups is 1. The molecule has 1 aromatic carbocycles. The molecule has 108 valence electrons.